The summed E-state index contributed by atoms with van der Waals surface area (Å²) in [7, 11) is 0. The maximum Gasteiger partial charge on any atom is 0.124 e. The zero-order chi connectivity index (χ0) is 13.8. The van der Waals surface area contributed by atoms with E-state index in [1.807, 2.05) is 24.3 Å². The van der Waals surface area contributed by atoms with E-state index in [9.17, 15) is 9.50 Å². The Morgan fingerprint density at radius 3 is 2.63 bits per heavy atom. The molecule has 0 aliphatic carbocycles. The molecule has 0 fully saturated rings. The Bertz CT molecular complexity index is 574. The van der Waals surface area contributed by atoms with Gasteiger partial charge in [-0.15, -0.1) is 0 Å². The van der Waals surface area contributed by atoms with E-state index in [0.717, 1.165) is 15.6 Å². The summed E-state index contributed by atoms with van der Waals surface area (Å²) in [6.45, 7) is 0. The quantitative estimate of drug-likeness (QED) is 0.873. The van der Waals surface area contributed by atoms with E-state index in [1.165, 1.54) is 12.1 Å². The van der Waals surface area contributed by atoms with E-state index in [2.05, 4.69) is 15.9 Å². The van der Waals surface area contributed by atoms with Crippen molar-refractivity contribution in [2.24, 2.45) is 0 Å². The zero-order valence-corrected chi connectivity index (χ0v) is 12.5. The number of benzene rings is 2. The van der Waals surface area contributed by atoms with Crippen LogP contribution >= 0.6 is 27.5 Å². The fourth-order valence-electron chi connectivity index (χ4n) is 1.95. The number of hydrogen-bond donors (Lipinski definition) is 1. The lowest BCUT2D eigenvalue weighted by Gasteiger charge is -2.12. The van der Waals surface area contributed by atoms with Gasteiger partial charge in [0.25, 0.3) is 0 Å². The molecule has 0 spiro atoms. The molecule has 100 valence electrons. The molecule has 2 rings (SSSR count). The van der Waals surface area contributed by atoms with E-state index in [4.69, 9.17) is 11.6 Å². The molecule has 0 aliphatic rings. The highest BCUT2D eigenvalue weighted by atomic mass is 79.9. The molecule has 0 radical (unpaired) electrons. The molecule has 1 atom stereocenters. The van der Waals surface area contributed by atoms with Crippen molar-refractivity contribution in [1.82, 2.24) is 0 Å². The molecule has 2 aromatic rings. The van der Waals surface area contributed by atoms with Crippen LogP contribution < -0.4 is 0 Å². The van der Waals surface area contributed by atoms with E-state index in [-0.39, 0.29) is 5.82 Å². The Morgan fingerprint density at radius 2 is 1.95 bits per heavy atom. The van der Waals surface area contributed by atoms with Crippen molar-refractivity contribution in [1.29, 1.82) is 0 Å². The third kappa shape index (κ3) is 4.30. The third-order valence-corrected chi connectivity index (χ3v) is 3.68. The summed E-state index contributed by atoms with van der Waals surface area (Å²) in [5, 5.41) is 10.4. The molecular formula is C15H13BrClFO. The minimum absolute atomic E-state index is 0.355. The molecule has 1 unspecified atom stereocenters. The smallest absolute Gasteiger partial charge is 0.124 e. The number of halogens is 3. The van der Waals surface area contributed by atoms with Gasteiger partial charge in [0.2, 0.25) is 0 Å². The van der Waals surface area contributed by atoms with Gasteiger partial charge >= 0.3 is 0 Å². The number of aliphatic hydroxyl groups is 1. The van der Waals surface area contributed by atoms with Gasteiger partial charge in [-0.05, 0) is 41.8 Å². The van der Waals surface area contributed by atoms with Gasteiger partial charge in [0.05, 0.1) is 6.10 Å². The summed E-state index contributed by atoms with van der Waals surface area (Å²) < 4.78 is 13.9. The lowest BCUT2D eigenvalue weighted by Crippen LogP contribution is -2.14. The highest BCUT2D eigenvalue weighted by Gasteiger charge is 2.10. The van der Waals surface area contributed by atoms with Crippen LogP contribution in [-0.2, 0) is 12.8 Å². The first-order chi connectivity index (χ1) is 9.04. The predicted octanol–water partition coefficient (Wildman–Crippen LogP) is 4.39. The molecule has 19 heavy (non-hydrogen) atoms. The summed E-state index contributed by atoms with van der Waals surface area (Å²) in [4.78, 5) is 0. The van der Waals surface area contributed by atoms with Crippen LogP contribution in [0.4, 0.5) is 4.39 Å². The fourth-order valence-corrected chi connectivity index (χ4v) is 2.64. The van der Waals surface area contributed by atoms with Gasteiger partial charge in [-0.1, -0.05) is 45.7 Å². The number of rotatable bonds is 4. The van der Waals surface area contributed by atoms with Crippen LogP contribution in [0, 0.1) is 5.82 Å². The van der Waals surface area contributed by atoms with Crippen LogP contribution in [0.5, 0.6) is 0 Å². The Morgan fingerprint density at radius 1 is 1.16 bits per heavy atom. The zero-order valence-electron chi connectivity index (χ0n) is 10.1. The van der Waals surface area contributed by atoms with Crippen molar-refractivity contribution in [2.75, 3.05) is 0 Å². The Hall–Kier alpha value is -0.900. The van der Waals surface area contributed by atoms with Gasteiger partial charge < -0.3 is 5.11 Å². The van der Waals surface area contributed by atoms with Crippen molar-refractivity contribution in [2.45, 2.75) is 18.9 Å². The van der Waals surface area contributed by atoms with Gasteiger partial charge in [-0.25, -0.2) is 4.39 Å². The second-order valence-corrected chi connectivity index (χ2v) is 5.75. The third-order valence-electron chi connectivity index (χ3n) is 2.83. The van der Waals surface area contributed by atoms with Crippen molar-refractivity contribution < 1.29 is 9.50 Å². The highest BCUT2D eigenvalue weighted by molar-refractivity contribution is 9.10. The second kappa shape index (κ2) is 6.51. The SMILES string of the molecule is OC(Cc1cccc(Br)c1)Cc1ccc(F)cc1Cl. The van der Waals surface area contributed by atoms with Crippen molar-refractivity contribution in [3.8, 4) is 0 Å². The maximum absolute atomic E-state index is 12.9. The van der Waals surface area contributed by atoms with Gasteiger partial charge in [0.15, 0.2) is 0 Å². The summed E-state index contributed by atoms with van der Waals surface area (Å²) in [6, 6.07) is 12.0. The number of aliphatic hydroxyl groups excluding tert-OH is 1. The van der Waals surface area contributed by atoms with Crippen LogP contribution in [0.1, 0.15) is 11.1 Å². The Labute approximate surface area is 125 Å². The van der Waals surface area contributed by atoms with Crippen molar-refractivity contribution in [3.05, 3.63) is 68.9 Å². The molecule has 1 nitrogen and oxygen atoms in total. The van der Waals surface area contributed by atoms with E-state index < -0.39 is 6.10 Å². The van der Waals surface area contributed by atoms with Crippen LogP contribution in [0.3, 0.4) is 0 Å². The minimum Gasteiger partial charge on any atom is -0.392 e. The average Bonchev–Trinajstić information content (AvgIpc) is 2.33. The van der Waals surface area contributed by atoms with E-state index in [1.54, 1.807) is 6.07 Å². The lowest BCUT2D eigenvalue weighted by molar-refractivity contribution is 0.175. The molecule has 1 N–H and O–H groups in total. The average molecular weight is 344 g/mol. The first kappa shape index (κ1) is 14.5. The highest BCUT2D eigenvalue weighted by Crippen LogP contribution is 2.20. The monoisotopic (exact) mass is 342 g/mol. The van der Waals surface area contributed by atoms with E-state index in [0.29, 0.717) is 17.9 Å². The fraction of sp³-hybridized carbons (Fsp3) is 0.200. The molecule has 0 saturated carbocycles. The molecule has 0 aliphatic heterocycles. The number of hydrogen-bond acceptors (Lipinski definition) is 1. The van der Waals surface area contributed by atoms with Crippen molar-refractivity contribution >= 4 is 27.5 Å². The lowest BCUT2D eigenvalue weighted by atomic mass is 10.0. The molecule has 0 amide bonds. The molecule has 0 aromatic heterocycles. The molecular weight excluding hydrogens is 331 g/mol. The van der Waals surface area contributed by atoms with Gasteiger partial charge in [0, 0.05) is 15.9 Å². The molecule has 0 saturated heterocycles. The summed E-state index contributed by atoms with van der Waals surface area (Å²) in [5.74, 6) is -0.366. The topological polar surface area (TPSA) is 20.2 Å². The van der Waals surface area contributed by atoms with Gasteiger partial charge in [0.1, 0.15) is 5.82 Å². The van der Waals surface area contributed by atoms with Gasteiger partial charge in [-0.3, -0.25) is 0 Å². The van der Waals surface area contributed by atoms with Crippen LogP contribution in [0.2, 0.25) is 5.02 Å². The minimum atomic E-state index is -0.544. The predicted molar refractivity (Wildman–Crippen MR) is 79.0 cm³/mol. The molecule has 0 heterocycles. The first-order valence-corrected chi connectivity index (χ1v) is 7.08. The van der Waals surface area contributed by atoms with Crippen molar-refractivity contribution in [3.63, 3.8) is 0 Å². The second-order valence-electron chi connectivity index (χ2n) is 4.43. The maximum atomic E-state index is 12.9. The summed E-state index contributed by atoms with van der Waals surface area (Å²) in [5.41, 5.74) is 1.80. The standard InChI is InChI=1S/C15H13BrClFO/c16-12-3-1-2-10(6-12)7-14(19)8-11-4-5-13(18)9-15(11)17/h1-6,9,14,19H,7-8H2. The summed E-state index contributed by atoms with van der Waals surface area (Å²) >= 11 is 9.34. The molecule has 4 heteroatoms. The van der Waals surface area contributed by atoms with Gasteiger partial charge in [-0.2, -0.15) is 0 Å². The largest absolute Gasteiger partial charge is 0.392 e. The van der Waals surface area contributed by atoms with E-state index >= 15 is 0 Å². The Balaban J connectivity index is 2.03. The Kier molecular flexibility index (Phi) is 4.97. The summed E-state index contributed by atoms with van der Waals surface area (Å²) in [6.07, 6.45) is 0.399. The molecule has 0 bridgehead atoms. The normalized spacial score (nSPS) is 12.4. The first-order valence-electron chi connectivity index (χ1n) is 5.91. The van der Waals surface area contributed by atoms with Crippen LogP contribution in [0.15, 0.2) is 46.9 Å². The molecule has 2 aromatic carbocycles. The van der Waals surface area contributed by atoms with Crippen LogP contribution in [-0.4, -0.2) is 11.2 Å². The van der Waals surface area contributed by atoms with Crippen LogP contribution in [0.25, 0.3) is 0 Å².